The van der Waals surface area contributed by atoms with Crippen LogP contribution in [0.4, 0.5) is 5.69 Å². The Hall–Kier alpha value is -1.12. The lowest BCUT2D eigenvalue weighted by molar-refractivity contribution is 0.607. The molecular formula is C16H27NO2. The fourth-order valence-corrected chi connectivity index (χ4v) is 2.35. The van der Waals surface area contributed by atoms with Crippen molar-refractivity contribution >= 4 is 5.69 Å². The van der Waals surface area contributed by atoms with E-state index in [9.17, 15) is 9.59 Å². The summed E-state index contributed by atoms with van der Waals surface area (Å²) in [4.78, 5) is 24.7. The number of unbranched alkanes of at least 4 members (excludes halogenated alkanes) is 6. The molecule has 1 aromatic rings. The van der Waals surface area contributed by atoms with Crippen molar-refractivity contribution in [3.8, 4) is 0 Å². The van der Waals surface area contributed by atoms with Crippen LogP contribution in [-0.2, 0) is 0 Å². The summed E-state index contributed by atoms with van der Waals surface area (Å²) in [6, 6.07) is 1.50. The van der Waals surface area contributed by atoms with Crippen molar-refractivity contribution in [3.05, 3.63) is 26.5 Å². The third-order valence-electron chi connectivity index (χ3n) is 3.63. The van der Waals surface area contributed by atoms with Crippen molar-refractivity contribution in [1.82, 2.24) is 0 Å². The molecule has 0 amide bonds. The minimum atomic E-state index is -0.331. The summed E-state index contributed by atoms with van der Waals surface area (Å²) in [5.74, 6) is 0. The quantitative estimate of drug-likeness (QED) is 0.455. The molecule has 0 fully saturated rings. The number of rotatable bonds is 11. The maximum Gasteiger partial charge on any atom is 0.249 e. The van der Waals surface area contributed by atoms with E-state index in [1.165, 1.54) is 44.6 Å². The highest BCUT2D eigenvalue weighted by Gasteiger charge is 2.16. The molecule has 3 nitrogen and oxygen atoms in total. The maximum absolute atomic E-state index is 11.5. The molecule has 1 rings (SSSR count). The summed E-state index contributed by atoms with van der Waals surface area (Å²) in [7, 11) is 0. The third-order valence-corrected chi connectivity index (χ3v) is 3.63. The summed E-state index contributed by atoms with van der Waals surface area (Å²) in [5.41, 5.74) is 0.0334. The lowest BCUT2D eigenvalue weighted by Gasteiger charge is -2.25. The highest BCUT2D eigenvalue weighted by Crippen LogP contribution is 2.12. The van der Waals surface area contributed by atoms with Crippen LogP contribution in [0.2, 0.25) is 0 Å². The van der Waals surface area contributed by atoms with Gasteiger partial charge >= 0.3 is 0 Å². The number of hydrogen-bond acceptors (Lipinski definition) is 3. The van der Waals surface area contributed by atoms with E-state index < -0.39 is 0 Å². The molecule has 0 aromatic heterocycles. The van der Waals surface area contributed by atoms with Gasteiger partial charge in [-0.25, -0.2) is 0 Å². The maximum atomic E-state index is 11.5. The molecule has 0 unspecified atom stereocenters. The molecule has 0 radical (unpaired) electrons. The molecule has 108 valence electrons. The van der Waals surface area contributed by atoms with Gasteiger partial charge in [-0.15, -0.1) is 0 Å². The summed E-state index contributed by atoms with van der Waals surface area (Å²) in [6.07, 6.45) is 9.56. The van der Waals surface area contributed by atoms with Crippen LogP contribution in [0.15, 0.2) is 15.7 Å². The molecule has 19 heavy (non-hydrogen) atoms. The second-order valence-corrected chi connectivity index (χ2v) is 5.33. The van der Waals surface area contributed by atoms with Gasteiger partial charge in [-0.1, -0.05) is 52.4 Å². The number of anilines is 1. The molecule has 0 heterocycles. The molecule has 0 N–H and O–H groups in total. The zero-order chi connectivity index (χ0) is 14.1. The largest absolute Gasteiger partial charge is 0.368 e. The highest BCUT2D eigenvalue weighted by atomic mass is 16.2. The SMILES string of the molecule is CCCCCCN(CCCCCC)c1cc(=O)c1=O. The van der Waals surface area contributed by atoms with Gasteiger partial charge in [0.25, 0.3) is 0 Å². The first-order valence-electron chi connectivity index (χ1n) is 7.76. The van der Waals surface area contributed by atoms with Crippen molar-refractivity contribution < 1.29 is 0 Å². The van der Waals surface area contributed by atoms with E-state index in [1.807, 2.05) is 0 Å². The Morgan fingerprint density at radius 1 is 0.842 bits per heavy atom. The first-order valence-corrected chi connectivity index (χ1v) is 7.76. The van der Waals surface area contributed by atoms with Crippen molar-refractivity contribution in [3.63, 3.8) is 0 Å². The lowest BCUT2D eigenvalue weighted by atomic mass is 10.1. The van der Waals surface area contributed by atoms with Crippen LogP contribution in [0, 0.1) is 0 Å². The normalized spacial score (nSPS) is 11.1. The van der Waals surface area contributed by atoms with E-state index >= 15 is 0 Å². The fraction of sp³-hybridized carbons (Fsp3) is 0.750. The van der Waals surface area contributed by atoms with Crippen LogP contribution in [0.3, 0.4) is 0 Å². The van der Waals surface area contributed by atoms with Crippen LogP contribution in [0.1, 0.15) is 65.2 Å². The summed E-state index contributed by atoms with van der Waals surface area (Å²) in [5, 5.41) is 0. The third kappa shape index (κ3) is 5.17. The van der Waals surface area contributed by atoms with E-state index in [4.69, 9.17) is 0 Å². The number of hydrogen-bond donors (Lipinski definition) is 0. The predicted octanol–water partition coefficient (Wildman–Crippen LogP) is 3.25. The predicted molar refractivity (Wildman–Crippen MR) is 81.9 cm³/mol. The molecule has 0 aliphatic carbocycles. The van der Waals surface area contributed by atoms with Crippen LogP contribution in [0.25, 0.3) is 0 Å². The minimum absolute atomic E-state index is 0.286. The molecule has 0 atom stereocenters. The molecule has 1 aromatic carbocycles. The van der Waals surface area contributed by atoms with Gasteiger partial charge in [0.15, 0.2) is 0 Å². The van der Waals surface area contributed by atoms with Crippen molar-refractivity contribution in [1.29, 1.82) is 0 Å². The van der Waals surface area contributed by atoms with Gasteiger partial charge in [-0.3, -0.25) is 9.59 Å². The molecule has 0 bridgehead atoms. The summed E-state index contributed by atoms with van der Waals surface area (Å²) < 4.78 is 0. The Morgan fingerprint density at radius 3 is 1.74 bits per heavy atom. The molecule has 0 spiro atoms. The topological polar surface area (TPSA) is 37.4 Å². The molecule has 0 saturated carbocycles. The monoisotopic (exact) mass is 265 g/mol. The highest BCUT2D eigenvalue weighted by molar-refractivity contribution is 5.50. The van der Waals surface area contributed by atoms with Crippen molar-refractivity contribution in [2.24, 2.45) is 0 Å². The van der Waals surface area contributed by atoms with Gasteiger partial charge in [0.2, 0.25) is 10.9 Å². The van der Waals surface area contributed by atoms with Crippen molar-refractivity contribution in [2.75, 3.05) is 18.0 Å². The molecular weight excluding hydrogens is 238 g/mol. The van der Waals surface area contributed by atoms with Crippen LogP contribution in [0.5, 0.6) is 0 Å². The zero-order valence-corrected chi connectivity index (χ0v) is 12.4. The zero-order valence-electron chi connectivity index (χ0n) is 12.4. The standard InChI is InChI=1S/C16H27NO2/c1-3-5-7-9-11-17(12-10-8-6-4-2)14-13-15(18)16(14)19/h13H,3-12H2,1-2H3. The van der Waals surface area contributed by atoms with Gasteiger partial charge in [0.1, 0.15) is 0 Å². The van der Waals surface area contributed by atoms with Gasteiger partial charge in [-0.2, -0.15) is 0 Å². The lowest BCUT2D eigenvalue weighted by Crippen LogP contribution is -2.40. The Bertz CT molecular complexity index is 406. The van der Waals surface area contributed by atoms with Crippen LogP contribution < -0.4 is 15.8 Å². The summed E-state index contributed by atoms with van der Waals surface area (Å²) in [6.45, 7) is 6.21. The average Bonchev–Trinajstić information content (AvgIpc) is 2.43. The molecule has 0 saturated heterocycles. The Labute approximate surface area is 116 Å². The van der Waals surface area contributed by atoms with Gasteiger partial charge < -0.3 is 4.90 Å². The van der Waals surface area contributed by atoms with E-state index in [0.29, 0.717) is 5.69 Å². The Balaban J connectivity index is 2.42. The number of nitrogens with zero attached hydrogens (tertiary/aromatic N) is 1. The van der Waals surface area contributed by atoms with Crippen molar-refractivity contribution in [2.45, 2.75) is 65.2 Å². The Kier molecular flexibility index (Phi) is 7.46. The van der Waals surface area contributed by atoms with Crippen LogP contribution >= 0.6 is 0 Å². The Morgan fingerprint density at radius 2 is 1.37 bits per heavy atom. The fourth-order valence-electron chi connectivity index (χ4n) is 2.35. The van der Waals surface area contributed by atoms with E-state index in [2.05, 4.69) is 18.7 Å². The molecule has 0 aliphatic heterocycles. The molecule has 3 heteroatoms. The minimum Gasteiger partial charge on any atom is -0.368 e. The first kappa shape index (κ1) is 15.9. The second-order valence-electron chi connectivity index (χ2n) is 5.33. The smallest absolute Gasteiger partial charge is 0.249 e. The van der Waals surface area contributed by atoms with E-state index in [0.717, 1.165) is 25.9 Å². The van der Waals surface area contributed by atoms with E-state index in [-0.39, 0.29) is 10.9 Å². The van der Waals surface area contributed by atoms with E-state index in [1.54, 1.807) is 0 Å². The summed E-state index contributed by atoms with van der Waals surface area (Å²) >= 11 is 0. The van der Waals surface area contributed by atoms with Crippen LogP contribution in [-0.4, -0.2) is 13.1 Å². The second kappa shape index (κ2) is 8.89. The first-order chi connectivity index (χ1) is 9.20. The van der Waals surface area contributed by atoms with Gasteiger partial charge in [0.05, 0.1) is 5.69 Å². The van der Waals surface area contributed by atoms with Gasteiger partial charge in [0, 0.05) is 19.2 Å². The molecule has 0 aliphatic rings. The van der Waals surface area contributed by atoms with Gasteiger partial charge in [-0.05, 0) is 12.8 Å². The average molecular weight is 265 g/mol.